The number of aromatic nitrogens is 1. The summed E-state index contributed by atoms with van der Waals surface area (Å²) >= 11 is 1.33. The SMILES string of the molecule is CC(C)/C=C/C(/C(=N/C(C(=O)NC(C(=O)N[C@H](CC=O)c1nccs1)[C@@H](C)c1ccccc1)C(C)(C)C)NCC(=O)N1CC[C@@H](C)[C@H]1C(N)=O)C(C)(C)C. The van der Waals surface area contributed by atoms with E-state index in [1.54, 1.807) is 11.6 Å². The molecule has 3 rings (SSSR count). The summed E-state index contributed by atoms with van der Waals surface area (Å²) in [7, 11) is 0. The number of nitrogens with one attached hydrogen (secondary N) is 3. The summed E-state index contributed by atoms with van der Waals surface area (Å²) < 4.78 is 0. The summed E-state index contributed by atoms with van der Waals surface area (Å²) in [6, 6.07) is 6.05. The number of benzene rings is 1. The molecule has 0 spiro atoms. The first-order valence-electron chi connectivity index (χ1n) is 18.8. The van der Waals surface area contributed by atoms with Gasteiger partial charge < -0.3 is 31.4 Å². The third-order valence-electron chi connectivity index (χ3n) is 9.79. The van der Waals surface area contributed by atoms with E-state index in [-0.39, 0.29) is 42.0 Å². The number of thiazole rings is 1. The molecule has 1 fully saturated rings. The summed E-state index contributed by atoms with van der Waals surface area (Å²) in [6.45, 7) is 20.1. The van der Waals surface area contributed by atoms with Crippen LogP contribution in [0.1, 0.15) is 105 Å². The van der Waals surface area contributed by atoms with E-state index in [0.29, 0.717) is 23.8 Å². The Hall–Kier alpha value is -4.39. The van der Waals surface area contributed by atoms with Crippen molar-refractivity contribution in [1.29, 1.82) is 0 Å². The molecule has 2 heterocycles. The Morgan fingerprint density at radius 3 is 2.20 bits per heavy atom. The van der Waals surface area contributed by atoms with Gasteiger partial charge in [-0.1, -0.05) is 112 Å². The predicted octanol–water partition coefficient (Wildman–Crippen LogP) is 5.18. The number of carbonyl (C=O) groups excluding carboxylic acids is 5. The molecule has 3 unspecified atom stereocenters. The second-order valence-corrected chi connectivity index (χ2v) is 17.8. The number of allylic oxidation sites excluding steroid dienone is 1. The lowest BCUT2D eigenvalue weighted by atomic mass is 9.78. The second-order valence-electron chi connectivity index (χ2n) is 16.8. The molecule has 0 saturated carbocycles. The van der Waals surface area contributed by atoms with Gasteiger partial charge in [-0.2, -0.15) is 0 Å². The third kappa shape index (κ3) is 12.1. The Balaban J connectivity index is 2.08. The Morgan fingerprint density at radius 2 is 1.67 bits per heavy atom. The van der Waals surface area contributed by atoms with Crippen LogP contribution in [0.4, 0.5) is 0 Å². The van der Waals surface area contributed by atoms with Crippen LogP contribution in [-0.4, -0.2) is 76.8 Å². The maximum absolute atomic E-state index is 14.6. The van der Waals surface area contributed by atoms with Crippen LogP contribution in [0.2, 0.25) is 0 Å². The molecule has 4 amide bonds. The largest absolute Gasteiger partial charge is 0.368 e. The first-order valence-corrected chi connectivity index (χ1v) is 19.7. The molecule has 0 aliphatic carbocycles. The zero-order chi connectivity index (χ0) is 40.4. The second kappa shape index (κ2) is 19.3. The van der Waals surface area contributed by atoms with Gasteiger partial charge >= 0.3 is 0 Å². The fraction of sp³-hybridized carbons (Fsp3) is 0.585. The molecule has 1 aliphatic heterocycles. The van der Waals surface area contributed by atoms with Crippen molar-refractivity contribution in [3.63, 3.8) is 0 Å². The maximum Gasteiger partial charge on any atom is 0.246 e. The first kappa shape index (κ1) is 44.0. The summed E-state index contributed by atoms with van der Waals surface area (Å²) in [5, 5.41) is 11.7. The number of carbonyl (C=O) groups is 5. The zero-order valence-corrected chi connectivity index (χ0v) is 34.4. The van der Waals surface area contributed by atoms with Crippen LogP contribution >= 0.6 is 11.3 Å². The molecule has 0 bridgehead atoms. The molecule has 1 saturated heterocycles. The van der Waals surface area contributed by atoms with E-state index in [1.165, 1.54) is 16.2 Å². The van der Waals surface area contributed by atoms with Gasteiger partial charge in [-0.05, 0) is 34.7 Å². The minimum Gasteiger partial charge on any atom is -0.368 e. The number of amides is 4. The Bertz CT molecular complexity index is 1630. The number of aliphatic imine (C=N–C) groups is 1. The fourth-order valence-electron chi connectivity index (χ4n) is 6.66. The number of hydrogen-bond donors (Lipinski definition) is 4. The maximum atomic E-state index is 14.6. The zero-order valence-electron chi connectivity index (χ0n) is 33.6. The number of amidine groups is 1. The lowest BCUT2D eigenvalue weighted by Gasteiger charge is -2.35. The average molecular weight is 764 g/mol. The molecule has 1 aliphatic rings. The number of nitrogens with zero attached hydrogens (tertiary/aromatic N) is 3. The molecule has 5 N–H and O–H groups in total. The van der Waals surface area contributed by atoms with Gasteiger partial charge in [0.1, 0.15) is 35.3 Å². The van der Waals surface area contributed by atoms with E-state index >= 15 is 0 Å². The van der Waals surface area contributed by atoms with Crippen molar-refractivity contribution in [3.05, 3.63) is 64.6 Å². The van der Waals surface area contributed by atoms with Gasteiger partial charge in [0, 0.05) is 36.4 Å². The molecule has 12 nitrogen and oxygen atoms in total. The molecule has 1 aromatic carbocycles. The van der Waals surface area contributed by atoms with E-state index in [9.17, 15) is 24.0 Å². The standard InChI is InChI=1S/C41H61N7O5S/c1-25(2)16-17-29(40(5,6)7)36(44-24-31(50)48-21-18-26(3)33(48)35(42)51)47-34(41(8,9)10)38(53)46-32(27(4)28-14-12-11-13-15-28)37(52)45-30(19-22-49)39-43-20-23-54-39/h11-17,20,22-23,25-27,29-30,32-34H,18-19,21,24H2,1-10H3,(H2,42,51)(H,44,47)(H,45,52)(H,46,53)/b17-16+/t26-,27+,29?,30-,32?,33+,34?/m1/s1. The normalized spacial score (nSPS) is 19.5. The van der Waals surface area contributed by atoms with E-state index in [0.717, 1.165) is 11.8 Å². The Kier molecular flexibility index (Phi) is 15.7. The molecule has 7 atom stereocenters. The van der Waals surface area contributed by atoms with Crippen LogP contribution in [-0.2, 0) is 24.0 Å². The molecular formula is C41H61N7O5S. The predicted molar refractivity (Wildman–Crippen MR) is 215 cm³/mol. The minimum atomic E-state index is -1.03. The molecule has 54 heavy (non-hydrogen) atoms. The van der Waals surface area contributed by atoms with Crippen molar-refractivity contribution < 1.29 is 24.0 Å². The number of primary amides is 1. The monoisotopic (exact) mass is 763 g/mol. The van der Waals surface area contributed by atoms with Crippen molar-refractivity contribution in [1.82, 2.24) is 25.8 Å². The molecule has 13 heteroatoms. The molecule has 2 aromatic rings. The molecule has 1 aromatic heterocycles. The first-order chi connectivity index (χ1) is 25.3. The summed E-state index contributed by atoms with van der Waals surface area (Å²) in [6.07, 6.45) is 7.18. The quantitative estimate of drug-likeness (QED) is 0.0789. The van der Waals surface area contributed by atoms with Crippen molar-refractivity contribution in [3.8, 4) is 0 Å². The number of hydrogen-bond acceptors (Lipinski definition) is 8. The van der Waals surface area contributed by atoms with Crippen LogP contribution in [0, 0.1) is 28.6 Å². The summed E-state index contributed by atoms with van der Waals surface area (Å²) in [4.78, 5) is 77.3. The smallest absolute Gasteiger partial charge is 0.246 e. The van der Waals surface area contributed by atoms with Gasteiger partial charge in [0.05, 0.1) is 12.6 Å². The highest BCUT2D eigenvalue weighted by molar-refractivity contribution is 7.09. The molecular weight excluding hydrogens is 703 g/mol. The minimum absolute atomic E-state index is 0.0247. The highest BCUT2D eigenvalue weighted by Crippen LogP contribution is 2.32. The average Bonchev–Trinajstić information content (AvgIpc) is 3.77. The van der Waals surface area contributed by atoms with Gasteiger partial charge in [0.2, 0.25) is 23.6 Å². The lowest BCUT2D eigenvalue weighted by Crippen LogP contribution is -2.55. The fourth-order valence-corrected chi connectivity index (χ4v) is 7.36. The van der Waals surface area contributed by atoms with E-state index in [2.05, 4.69) is 67.7 Å². The van der Waals surface area contributed by atoms with E-state index in [4.69, 9.17) is 10.7 Å². The lowest BCUT2D eigenvalue weighted by molar-refractivity contribution is -0.137. The third-order valence-corrected chi connectivity index (χ3v) is 10.7. The van der Waals surface area contributed by atoms with Crippen molar-refractivity contribution in [2.24, 2.45) is 39.3 Å². The van der Waals surface area contributed by atoms with E-state index in [1.807, 2.05) is 65.0 Å². The summed E-state index contributed by atoms with van der Waals surface area (Å²) in [5.74, 6) is -1.93. The van der Waals surface area contributed by atoms with Crippen LogP contribution in [0.5, 0.6) is 0 Å². The van der Waals surface area contributed by atoms with Crippen LogP contribution in [0.3, 0.4) is 0 Å². The summed E-state index contributed by atoms with van der Waals surface area (Å²) in [5.41, 5.74) is 5.43. The topological polar surface area (TPSA) is 176 Å². The highest BCUT2D eigenvalue weighted by Gasteiger charge is 2.40. The van der Waals surface area contributed by atoms with Crippen LogP contribution in [0.15, 0.2) is 59.1 Å². The Morgan fingerprint density at radius 1 is 1.00 bits per heavy atom. The Labute approximate surface area is 325 Å². The number of nitrogens with two attached hydrogens (primary N) is 1. The van der Waals surface area contributed by atoms with Gasteiger partial charge in [0.15, 0.2) is 0 Å². The highest BCUT2D eigenvalue weighted by atomic mass is 32.1. The van der Waals surface area contributed by atoms with Gasteiger partial charge in [-0.3, -0.25) is 24.2 Å². The van der Waals surface area contributed by atoms with Crippen molar-refractivity contribution in [2.75, 3.05) is 13.1 Å². The van der Waals surface area contributed by atoms with Gasteiger partial charge in [-0.15, -0.1) is 11.3 Å². The number of likely N-dealkylation sites (tertiary alicyclic amines) is 1. The molecule has 296 valence electrons. The van der Waals surface area contributed by atoms with Crippen molar-refractivity contribution in [2.45, 2.75) is 112 Å². The van der Waals surface area contributed by atoms with Gasteiger partial charge in [-0.25, -0.2) is 4.98 Å². The van der Waals surface area contributed by atoms with Crippen molar-refractivity contribution >= 4 is 47.1 Å². The number of aldehydes is 1. The number of rotatable bonds is 16. The van der Waals surface area contributed by atoms with Crippen LogP contribution in [0.25, 0.3) is 0 Å². The molecule has 0 radical (unpaired) electrons. The van der Waals surface area contributed by atoms with Gasteiger partial charge in [0.25, 0.3) is 0 Å². The van der Waals surface area contributed by atoms with E-state index < -0.39 is 53.2 Å². The van der Waals surface area contributed by atoms with Crippen LogP contribution < -0.4 is 21.7 Å².